The molecule has 0 spiro atoms. The van der Waals surface area contributed by atoms with Gasteiger partial charge in [0.2, 0.25) is 0 Å². The quantitative estimate of drug-likeness (QED) is 0.736. The molecule has 6 heteroatoms. The zero-order chi connectivity index (χ0) is 17.6. The zero-order valence-electron chi connectivity index (χ0n) is 13.8. The summed E-state index contributed by atoms with van der Waals surface area (Å²) < 4.78 is 6.94. The minimum Gasteiger partial charge on any atom is -0.497 e. The molecule has 0 unspecified atom stereocenters. The maximum atomic E-state index is 12.2. The molecule has 0 radical (unpaired) electrons. The predicted octanol–water partition coefficient (Wildman–Crippen LogP) is 3.52. The summed E-state index contributed by atoms with van der Waals surface area (Å²) in [5, 5.41) is 7.80. The highest BCUT2D eigenvalue weighted by Crippen LogP contribution is 2.14. The second-order valence-corrected chi connectivity index (χ2v) is 6.02. The normalized spacial score (nSPS) is 10.5. The molecular weight excluding hydrogens is 338 g/mol. The Morgan fingerprint density at radius 2 is 2.00 bits per heavy atom. The van der Waals surface area contributed by atoms with Crippen LogP contribution in [0.4, 0.5) is 0 Å². The van der Waals surface area contributed by atoms with Crippen molar-refractivity contribution in [3.8, 4) is 5.75 Å². The molecule has 3 rings (SSSR count). The lowest BCUT2D eigenvalue weighted by molar-refractivity contribution is 0.0951. The lowest BCUT2D eigenvalue weighted by atomic mass is 10.2. The largest absolute Gasteiger partial charge is 0.497 e. The zero-order valence-corrected chi connectivity index (χ0v) is 14.5. The third-order valence-corrected chi connectivity index (χ3v) is 3.99. The summed E-state index contributed by atoms with van der Waals surface area (Å²) in [6, 6.07) is 15.1. The van der Waals surface area contributed by atoms with Crippen LogP contribution >= 0.6 is 11.6 Å². The van der Waals surface area contributed by atoms with E-state index in [-0.39, 0.29) is 5.91 Å². The first-order valence-corrected chi connectivity index (χ1v) is 8.20. The molecule has 0 atom stereocenters. The van der Waals surface area contributed by atoms with Crippen molar-refractivity contribution in [1.29, 1.82) is 0 Å². The number of rotatable bonds is 6. The number of carbonyl (C=O) groups is 1. The van der Waals surface area contributed by atoms with Gasteiger partial charge in [-0.15, -0.1) is 0 Å². The SMILES string of the molecule is COc1cccc(Cn2cc(C(=O)NCc3ccc(Cl)cc3)cn2)c1. The van der Waals surface area contributed by atoms with Gasteiger partial charge in [0, 0.05) is 17.8 Å². The molecule has 1 N–H and O–H groups in total. The van der Waals surface area contributed by atoms with Gasteiger partial charge in [-0.05, 0) is 35.4 Å². The fourth-order valence-electron chi connectivity index (χ4n) is 2.41. The average Bonchev–Trinajstić information content (AvgIpc) is 3.09. The number of carbonyl (C=O) groups excluding carboxylic acids is 1. The Morgan fingerprint density at radius 1 is 1.20 bits per heavy atom. The van der Waals surface area contributed by atoms with Crippen molar-refractivity contribution in [1.82, 2.24) is 15.1 Å². The van der Waals surface area contributed by atoms with E-state index in [0.717, 1.165) is 16.9 Å². The number of hydrogen-bond acceptors (Lipinski definition) is 3. The number of methoxy groups -OCH3 is 1. The molecule has 1 amide bonds. The summed E-state index contributed by atoms with van der Waals surface area (Å²) >= 11 is 5.85. The van der Waals surface area contributed by atoms with Crippen LogP contribution in [0.5, 0.6) is 5.75 Å². The maximum absolute atomic E-state index is 12.2. The van der Waals surface area contributed by atoms with Gasteiger partial charge in [-0.3, -0.25) is 9.48 Å². The lowest BCUT2D eigenvalue weighted by Crippen LogP contribution is -2.22. The number of nitrogens with one attached hydrogen (secondary N) is 1. The van der Waals surface area contributed by atoms with Crippen LogP contribution in [0.3, 0.4) is 0 Å². The molecule has 1 aromatic heterocycles. The van der Waals surface area contributed by atoms with Crippen molar-refractivity contribution in [3.05, 3.63) is 82.6 Å². The molecule has 0 saturated carbocycles. The Hall–Kier alpha value is -2.79. The number of nitrogens with zero attached hydrogens (tertiary/aromatic N) is 2. The van der Waals surface area contributed by atoms with Gasteiger partial charge in [0.1, 0.15) is 5.75 Å². The summed E-state index contributed by atoms with van der Waals surface area (Å²) in [4.78, 5) is 12.2. The van der Waals surface area contributed by atoms with Crippen molar-refractivity contribution in [2.45, 2.75) is 13.1 Å². The van der Waals surface area contributed by atoms with Crippen LogP contribution in [0.1, 0.15) is 21.5 Å². The van der Waals surface area contributed by atoms with Crippen LogP contribution in [0.15, 0.2) is 60.9 Å². The van der Waals surface area contributed by atoms with Crippen molar-refractivity contribution in [3.63, 3.8) is 0 Å². The van der Waals surface area contributed by atoms with Crippen LogP contribution in [0.25, 0.3) is 0 Å². The molecule has 5 nitrogen and oxygen atoms in total. The van der Waals surface area contributed by atoms with Crippen LogP contribution < -0.4 is 10.1 Å². The molecule has 0 aliphatic heterocycles. The molecule has 0 aliphatic rings. The molecule has 1 heterocycles. The molecule has 3 aromatic rings. The first-order chi connectivity index (χ1) is 12.1. The van der Waals surface area contributed by atoms with E-state index in [1.165, 1.54) is 0 Å². The molecule has 0 fully saturated rings. The van der Waals surface area contributed by atoms with Crippen molar-refractivity contribution in [2.75, 3.05) is 7.11 Å². The molecule has 25 heavy (non-hydrogen) atoms. The standard InChI is InChI=1S/C19H18ClN3O2/c1-25-18-4-2-3-15(9-18)12-23-13-16(11-22-23)19(24)21-10-14-5-7-17(20)8-6-14/h2-9,11,13H,10,12H2,1H3,(H,21,24). The Kier molecular flexibility index (Phi) is 5.36. The average molecular weight is 356 g/mol. The molecule has 2 aromatic carbocycles. The fraction of sp³-hybridized carbons (Fsp3) is 0.158. The highest BCUT2D eigenvalue weighted by atomic mass is 35.5. The highest BCUT2D eigenvalue weighted by molar-refractivity contribution is 6.30. The van der Waals surface area contributed by atoms with E-state index < -0.39 is 0 Å². The maximum Gasteiger partial charge on any atom is 0.254 e. The highest BCUT2D eigenvalue weighted by Gasteiger charge is 2.09. The number of benzene rings is 2. The number of ether oxygens (including phenoxy) is 1. The van der Waals surface area contributed by atoms with Crippen LogP contribution in [0.2, 0.25) is 5.02 Å². The van der Waals surface area contributed by atoms with E-state index in [1.807, 2.05) is 36.4 Å². The summed E-state index contributed by atoms with van der Waals surface area (Å²) in [5.41, 5.74) is 2.56. The Labute approximate surface area is 151 Å². The third-order valence-electron chi connectivity index (χ3n) is 3.74. The number of aromatic nitrogens is 2. The predicted molar refractivity (Wildman–Crippen MR) is 96.9 cm³/mol. The molecule has 0 bridgehead atoms. The molecule has 128 valence electrons. The van der Waals surface area contributed by atoms with E-state index in [1.54, 1.807) is 36.3 Å². The third kappa shape index (κ3) is 4.61. The van der Waals surface area contributed by atoms with E-state index >= 15 is 0 Å². The van der Waals surface area contributed by atoms with Crippen LogP contribution in [0, 0.1) is 0 Å². The van der Waals surface area contributed by atoms with E-state index in [2.05, 4.69) is 10.4 Å². The summed E-state index contributed by atoms with van der Waals surface area (Å²) in [7, 11) is 1.64. The smallest absolute Gasteiger partial charge is 0.254 e. The van der Waals surface area contributed by atoms with E-state index in [9.17, 15) is 4.79 Å². The van der Waals surface area contributed by atoms with E-state index in [4.69, 9.17) is 16.3 Å². The first-order valence-electron chi connectivity index (χ1n) is 7.82. The van der Waals surface area contributed by atoms with Crippen LogP contribution in [-0.4, -0.2) is 22.8 Å². The number of amides is 1. The van der Waals surface area contributed by atoms with Crippen molar-refractivity contribution >= 4 is 17.5 Å². The van der Waals surface area contributed by atoms with Gasteiger partial charge in [-0.25, -0.2) is 0 Å². The molecule has 0 saturated heterocycles. The van der Waals surface area contributed by atoms with Gasteiger partial charge >= 0.3 is 0 Å². The fourth-order valence-corrected chi connectivity index (χ4v) is 2.54. The number of halogens is 1. The lowest BCUT2D eigenvalue weighted by Gasteiger charge is -2.05. The first kappa shape index (κ1) is 17.0. The minimum absolute atomic E-state index is 0.160. The van der Waals surface area contributed by atoms with Gasteiger partial charge in [0.05, 0.1) is 25.4 Å². The summed E-state index contributed by atoms with van der Waals surface area (Å²) in [6.45, 7) is 1.01. The Balaban J connectivity index is 1.60. The van der Waals surface area contributed by atoms with Crippen molar-refractivity contribution < 1.29 is 9.53 Å². The topological polar surface area (TPSA) is 56.1 Å². The minimum atomic E-state index is -0.160. The molecular formula is C19H18ClN3O2. The monoisotopic (exact) mass is 355 g/mol. The summed E-state index contributed by atoms with van der Waals surface area (Å²) in [5.74, 6) is 0.637. The number of hydrogen-bond donors (Lipinski definition) is 1. The second-order valence-electron chi connectivity index (χ2n) is 5.59. The van der Waals surface area contributed by atoms with Crippen LogP contribution in [-0.2, 0) is 13.1 Å². The second kappa shape index (κ2) is 7.85. The van der Waals surface area contributed by atoms with Gasteiger partial charge in [-0.1, -0.05) is 35.9 Å². The van der Waals surface area contributed by atoms with Gasteiger partial charge in [0.15, 0.2) is 0 Å². The Bertz CT molecular complexity index is 859. The van der Waals surface area contributed by atoms with Gasteiger partial charge in [0.25, 0.3) is 5.91 Å². The van der Waals surface area contributed by atoms with Crippen molar-refractivity contribution in [2.24, 2.45) is 0 Å². The molecule has 0 aliphatic carbocycles. The van der Waals surface area contributed by atoms with Gasteiger partial charge < -0.3 is 10.1 Å². The van der Waals surface area contributed by atoms with E-state index in [0.29, 0.717) is 23.7 Å². The summed E-state index contributed by atoms with van der Waals surface area (Å²) in [6.07, 6.45) is 3.30. The van der Waals surface area contributed by atoms with Gasteiger partial charge in [-0.2, -0.15) is 5.10 Å². The Morgan fingerprint density at radius 3 is 2.76 bits per heavy atom.